The van der Waals surface area contributed by atoms with Crippen molar-refractivity contribution < 1.29 is 14.3 Å². The zero-order chi connectivity index (χ0) is 20.8. The molecule has 6 nitrogen and oxygen atoms in total. The van der Waals surface area contributed by atoms with E-state index in [0.29, 0.717) is 21.6 Å². The quantitative estimate of drug-likeness (QED) is 0.595. The maximum absolute atomic E-state index is 11.4. The van der Waals surface area contributed by atoms with Gasteiger partial charge >= 0.3 is 5.97 Å². The van der Waals surface area contributed by atoms with Crippen molar-refractivity contribution in [1.82, 2.24) is 9.88 Å². The SMILES string of the molecule is C[C@@H]1CN2C(=N[C@H](c3ccccn3)[C@H]2c2ccc(-c3cc(C(=O)O)ccc3Cl)o2)S1. The summed E-state index contributed by atoms with van der Waals surface area (Å²) in [5.41, 5.74) is 1.61. The van der Waals surface area contributed by atoms with E-state index in [-0.39, 0.29) is 17.6 Å². The van der Waals surface area contributed by atoms with Gasteiger partial charge in [0.1, 0.15) is 23.6 Å². The number of carboxylic acids is 1. The Kier molecular flexibility index (Phi) is 4.79. The average molecular weight is 440 g/mol. The number of rotatable bonds is 4. The number of hydrogen-bond acceptors (Lipinski definition) is 6. The minimum absolute atomic E-state index is 0.109. The number of furan rings is 1. The number of benzene rings is 1. The summed E-state index contributed by atoms with van der Waals surface area (Å²) in [4.78, 5) is 23.1. The summed E-state index contributed by atoms with van der Waals surface area (Å²) in [5, 5.41) is 11.2. The highest BCUT2D eigenvalue weighted by molar-refractivity contribution is 8.14. The molecule has 4 heterocycles. The minimum atomic E-state index is -1.01. The number of carboxylic acid groups (broad SMARTS) is 1. The Balaban J connectivity index is 1.55. The fourth-order valence-electron chi connectivity index (χ4n) is 3.93. The lowest BCUT2D eigenvalue weighted by atomic mass is 10.0. The van der Waals surface area contributed by atoms with Crippen LogP contribution in [0.3, 0.4) is 0 Å². The Morgan fingerprint density at radius 1 is 1.27 bits per heavy atom. The molecule has 3 atom stereocenters. The van der Waals surface area contributed by atoms with Crippen LogP contribution in [0.25, 0.3) is 11.3 Å². The van der Waals surface area contributed by atoms with Crippen LogP contribution >= 0.6 is 23.4 Å². The molecule has 30 heavy (non-hydrogen) atoms. The fraction of sp³-hybridized carbons (Fsp3) is 0.227. The molecule has 2 aliphatic heterocycles. The van der Waals surface area contributed by atoms with Gasteiger partial charge in [-0.25, -0.2) is 9.79 Å². The van der Waals surface area contributed by atoms with Gasteiger partial charge in [0.2, 0.25) is 0 Å². The molecule has 0 unspecified atom stereocenters. The number of hydrogen-bond donors (Lipinski definition) is 1. The van der Waals surface area contributed by atoms with Crippen LogP contribution < -0.4 is 0 Å². The molecule has 0 radical (unpaired) electrons. The van der Waals surface area contributed by atoms with Crippen LogP contribution in [0.2, 0.25) is 5.02 Å². The van der Waals surface area contributed by atoms with Crippen LogP contribution in [0.5, 0.6) is 0 Å². The lowest BCUT2D eigenvalue weighted by molar-refractivity contribution is 0.0697. The van der Waals surface area contributed by atoms with E-state index >= 15 is 0 Å². The molecule has 5 rings (SSSR count). The van der Waals surface area contributed by atoms with Crippen molar-refractivity contribution >= 4 is 34.5 Å². The fourth-order valence-corrected chi connectivity index (χ4v) is 5.23. The van der Waals surface area contributed by atoms with Crippen molar-refractivity contribution in [1.29, 1.82) is 0 Å². The molecule has 1 fully saturated rings. The number of aromatic carboxylic acids is 1. The second-order valence-electron chi connectivity index (χ2n) is 7.34. The van der Waals surface area contributed by atoms with E-state index in [4.69, 9.17) is 21.0 Å². The Labute approximate surface area is 182 Å². The lowest BCUT2D eigenvalue weighted by Gasteiger charge is -2.25. The average Bonchev–Trinajstić information content (AvgIpc) is 3.43. The summed E-state index contributed by atoms with van der Waals surface area (Å²) in [6, 6.07) is 13.9. The summed E-state index contributed by atoms with van der Waals surface area (Å²) in [5.74, 6) is 0.281. The maximum Gasteiger partial charge on any atom is 0.335 e. The summed E-state index contributed by atoms with van der Waals surface area (Å²) in [7, 11) is 0. The van der Waals surface area contributed by atoms with E-state index in [1.54, 1.807) is 24.0 Å². The number of halogens is 1. The first-order valence-corrected chi connectivity index (χ1v) is 10.8. The zero-order valence-electron chi connectivity index (χ0n) is 16.0. The smallest absolute Gasteiger partial charge is 0.335 e. The summed E-state index contributed by atoms with van der Waals surface area (Å²) >= 11 is 8.10. The van der Waals surface area contributed by atoms with E-state index in [0.717, 1.165) is 23.2 Å². The van der Waals surface area contributed by atoms with Crippen molar-refractivity contribution in [2.75, 3.05) is 6.54 Å². The van der Waals surface area contributed by atoms with Crippen molar-refractivity contribution in [2.24, 2.45) is 4.99 Å². The first-order valence-electron chi connectivity index (χ1n) is 9.56. The molecule has 1 N–H and O–H groups in total. The molecular formula is C22H18ClN3O3S. The Bertz CT molecular complexity index is 1150. The van der Waals surface area contributed by atoms with Crippen molar-refractivity contribution in [3.8, 4) is 11.3 Å². The van der Waals surface area contributed by atoms with Crippen molar-refractivity contribution in [3.63, 3.8) is 0 Å². The van der Waals surface area contributed by atoms with Gasteiger partial charge in [0, 0.05) is 23.6 Å². The van der Waals surface area contributed by atoms with E-state index in [1.807, 2.05) is 30.3 Å². The lowest BCUT2D eigenvalue weighted by Crippen LogP contribution is -2.28. The van der Waals surface area contributed by atoms with Crippen LogP contribution in [0.15, 0.2) is 64.1 Å². The summed E-state index contributed by atoms with van der Waals surface area (Å²) in [6.45, 7) is 3.06. The number of thioether (sulfide) groups is 1. The van der Waals surface area contributed by atoms with Gasteiger partial charge in [-0.05, 0) is 42.5 Å². The van der Waals surface area contributed by atoms with Crippen molar-refractivity contribution in [3.05, 3.63) is 76.8 Å². The van der Waals surface area contributed by atoms with Gasteiger partial charge in [0.15, 0.2) is 5.17 Å². The molecule has 0 saturated carbocycles. The molecule has 0 aliphatic carbocycles. The second kappa shape index (κ2) is 7.49. The monoisotopic (exact) mass is 439 g/mol. The number of aromatic nitrogens is 1. The topological polar surface area (TPSA) is 78.9 Å². The first kappa shape index (κ1) is 19.2. The normalized spacial score (nSPS) is 22.8. The zero-order valence-corrected chi connectivity index (χ0v) is 17.6. The van der Waals surface area contributed by atoms with E-state index in [9.17, 15) is 9.90 Å². The molecule has 2 aromatic heterocycles. The number of fused-ring (bicyclic) bond motifs is 1. The number of pyridine rings is 1. The predicted octanol–water partition coefficient (Wildman–Crippen LogP) is 5.28. The maximum atomic E-state index is 11.4. The molecule has 8 heteroatoms. The van der Waals surface area contributed by atoms with Gasteiger partial charge in [0.25, 0.3) is 0 Å². The van der Waals surface area contributed by atoms with Gasteiger partial charge in [-0.1, -0.05) is 36.4 Å². The van der Waals surface area contributed by atoms with Crippen molar-refractivity contribution in [2.45, 2.75) is 24.3 Å². The van der Waals surface area contributed by atoms with Gasteiger partial charge < -0.3 is 14.4 Å². The molecule has 1 saturated heterocycles. The van der Waals surface area contributed by atoms with Crippen LogP contribution in [0, 0.1) is 0 Å². The Hall–Kier alpha value is -2.77. The van der Waals surface area contributed by atoms with Gasteiger partial charge in [0.05, 0.1) is 16.3 Å². The van der Waals surface area contributed by atoms with Crippen LogP contribution in [0.4, 0.5) is 0 Å². The molecule has 0 bridgehead atoms. The Morgan fingerprint density at radius 3 is 2.90 bits per heavy atom. The highest BCUT2D eigenvalue weighted by Crippen LogP contribution is 2.48. The molecule has 0 spiro atoms. The third-order valence-corrected chi connectivity index (χ3v) is 6.71. The van der Waals surface area contributed by atoms with Gasteiger partial charge in [-0.3, -0.25) is 4.98 Å². The third-order valence-electron chi connectivity index (χ3n) is 5.28. The van der Waals surface area contributed by atoms with Crippen LogP contribution in [0.1, 0.15) is 40.8 Å². The number of aliphatic imine (C=N–C) groups is 1. The standard InChI is InChI=1S/C22H18ClN3O3S/c1-12-11-26-20(19(25-22(26)30-12)16-4-2-3-9-24-16)18-8-7-17(29-18)14-10-13(21(27)28)5-6-15(14)23/h2-10,12,19-20H,11H2,1H3,(H,27,28)/t12-,19-,20-/m1/s1. The first-order chi connectivity index (χ1) is 14.5. The van der Waals surface area contributed by atoms with Crippen LogP contribution in [-0.2, 0) is 0 Å². The minimum Gasteiger partial charge on any atom is -0.478 e. The highest BCUT2D eigenvalue weighted by Gasteiger charge is 2.45. The number of carbonyl (C=O) groups is 1. The molecule has 0 amide bonds. The number of amidine groups is 1. The summed E-state index contributed by atoms with van der Waals surface area (Å²) < 4.78 is 6.23. The Morgan fingerprint density at radius 2 is 2.13 bits per heavy atom. The molecule has 1 aromatic carbocycles. The van der Waals surface area contributed by atoms with E-state index in [1.165, 1.54) is 12.1 Å². The predicted molar refractivity (Wildman–Crippen MR) is 117 cm³/mol. The molecule has 2 aliphatic rings. The highest BCUT2D eigenvalue weighted by atomic mass is 35.5. The van der Waals surface area contributed by atoms with E-state index < -0.39 is 5.97 Å². The van der Waals surface area contributed by atoms with E-state index in [2.05, 4.69) is 16.8 Å². The van der Waals surface area contributed by atoms with Gasteiger partial charge in [-0.2, -0.15) is 0 Å². The summed E-state index contributed by atoms with van der Waals surface area (Å²) in [6.07, 6.45) is 1.77. The second-order valence-corrected chi connectivity index (χ2v) is 9.15. The molecule has 3 aromatic rings. The molecular weight excluding hydrogens is 422 g/mol. The largest absolute Gasteiger partial charge is 0.478 e. The molecule has 152 valence electrons. The van der Waals surface area contributed by atoms with Crippen LogP contribution in [-0.4, -0.2) is 37.9 Å². The van der Waals surface area contributed by atoms with Gasteiger partial charge in [-0.15, -0.1) is 0 Å². The third kappa shape index (κ3) is 3.28. The number of nitrogens with zero attached hydrogens (tertiary/aromatic N) is 3.